The minimum absolute atomic E-state index is 0.0949. The van der Waals surface area contributed by atoms with Gasteiger partial charge in [-0.2, -0.15) is 0 Å². The summed E-state index contributed by atoms with van der Waals surface area (Å²) >= 11 is 5.94. The predicted molar refractivity (Wildman–Crippen MR) is 124 cm³/mol. The van der Waals surface area contributed by atoms with Gasteiger partial charge in [0.25, 0.3) is 11.8 Å². The number of aryl methyl sites for hydroxylation is 1. The molecule has 0 aliphatic rings. The monoisotopic (exact) mass is 436 g/mol. The lowest BCUT2D eigenvalue weighted by atomic mass is 10.1. The number of furan rings is 1. The SMILES string of the molecule is Cc1ccc(C(=O)NC(=Cc2ccc(-c3ccc(Cl)cc3)o2)C(=O)NC(C)(C)C)cc1. The van der Waals surface area contributed by atoms with Crippen LogP contribution >= 0.6 is 11.6 Å². The van der Waals surface area contributed by atoms with Gasteiger partial charge >= 0.3 is 0 Å². The van der Waals surface area contributed by atoms with Crippen LogP contribution in [0.5, 0.6) is 0 Å². The molecule has 0 fully saturated rings. The lowest BCUT2D eigenvalue weighted by Gasteiger charge is -2.21. The predicted octanol–water partition coefficient (Wildman–Crippen LogP) is 5.59. The molecule has 0 spiro atoms. The van der Waals surface area contributed by atoms with Crippen molar-refractivity contribution in [3.63, 3.8) is 0 Å². The maximum Gasteiger partial charge on any atom is 0.268 e. The third kappa shape index (κ3) is 6.33. The van der Waals surface area contributed by atoms with Gasteiger partial charge in [-0.05, 0) is 76.2 Å². The van der Waals surface area contributed by atoms with Crippen LogP contribution in [-0.2, 0) is 4.79 Å². The van der Waals surface area contributed by atoms with Crippen LogP contribution in [0, 0.1) is 6.92 Å². The Labute approximate surface area is 187 Å². The third-order valence-electron chi connectivity index (χ3n) is 4.34. The van der Waals surface area contributed by atoms with E-state index in [1.54, 1.807) is 36.4 Å². The standard InChI is InChI=1S/C25H25ClN2O3/c1-16-5-7-18(8-6-16)23(29)27-21(24(30)28-25(2,3)4)15-20-13-14-22(31-20)17-9-11-19(26)12-10-17/h5-15H,1-4H3,(H,27,29)(H,28,30). The molecule has 6 heteroatoms. The first-order valence-electron chi connectivity index (χ1n) is 9.89. The Balaban J connectivity index is 1.89. The van der Waals surface area contributed by atoms with Gasteiger partial charge in [-0.3, -0.25) is 9.59 Å². The molecule has 2 N–H and O–H groups in total. The minimum atomic E-state index is -0.470. The molecule has 2 amide bonds. The number of nitrogens with one attached hydrogen (secondary N) is 2. The van der Waals surface area contributed by atoms with E-state index in [2.05, 4.69) is 10.6 Å². The Hall–Kier alpha value is -3.31. The molecule has 1 aromatic heterocycles. The van der Waals surface area contributed by atoms with E-state index in [9.17, 15) is 9.59 Å². The van der Waals surface area contributed by atoms with Gasteiger partial charge in [-0.15, -0.1) is 0 Å². The second kappa shape index (κ2) is 9.23. The summed E-state index contributed by atoms with van der Waals surface area (Å²) in [5.41, 5.74) is 1.98. The molecule has 0 saturated carbocycles. The van der Waals surface area contributed by atoms with Gasteiger partial charge in [0.15, 0.2) is 0 Å². The number of rotatable bonds is 5. The molecule has 0 saturated heterocycles. The molecule has 0 aliphatic carbocycles. The van der Waals surface area contributed by atoms with E-state index >= 15 is 0 Å². The van der Waals surface area contributed by atoms with Crippen molar-refractivity contribution in [1.29, 1.82) is 0 Å². The fourth-order valence-corrected chi connectivity index (χ4v) is 2.93. The van der Waals surface area contributed by atoms with Gasteiger partial charge in [-0.1, -0.05) is 29.3 Å². The van der Waals surface area contributed by atoms with Crippen LogP contribution in [0.2, 0.25) is 5.02 Å². The average Bonchev–Trinajstić information content (AvgIpc) is 3.15. The first-order valence-corrected chi connectivity index (χ1v) is 10.3. The maximum atomic E-state index is 12.8. The van der Waals surface area contributed by atoms with Crippen LogP contribution in [0.15, 0.2) is 70.8 Å². The number of halogens is 1. The number of carbonyl (C=O) groups is 2. The van der Waals surface area contributed by atoms with E-state index in [-0.39, 0.29) is 11.6 Å². The van der Waals surface area contributed by atoms with Gasteiger partial charge in [0.1, 0.15) is 17.2 Å². The van der Waals surface area contributed by atoms with Crippen LogP contribution in [0.25, 0.3) is 17.4 Å². The highest BCUT2D eigenvalue weighted by Crippen LogP contribution is 2.25. The summed E-state index contributed by atoms with van der Waals surface area (Å²) in [4.78, 5) is 25.6. The van der Waals surface area contributed by atoms with E-state index in [0.29, 0.717) is 22.1 Å². The summed E-state index contributed by atoms with van der Waals surface area (Å²) < 4.78 is 5.87. The number of benzene rings is 2. The summed E-state index contributed by atoms with van der Waals surface area (Å²) in [5.74, 6) is 0.286. The van der Waals surface area contributed by atoms with Gasteiger partial charge in [-0.25, -0.2) is 0 Å². The summed E-state index contributed by atoms with van der Waals surface area (Å²) in [5, 5.41) is 6.22. The zero-order valence-electron chi connectivity index (χ0n) is 18.0. The first kappa shape index (κ1) is 22.4. The molecular weight excluding hydrogens is 412 g/mol. The Kier molecular flexibility index (Phi) is 6.66. The third-order valence-corrected chi connectivity index (χ3v) is 4.59. The van der Waals surface area contributed by atoms with Gasteiger partial charge < -0.3 is 15.1 Å². The maximum absolute atomic E-state index is 12.8. The van der Waals surface area contributed by atoms with Crippen molar-refractivity contribution < 1.29 is 14.0 Å². The molecule has 160 valence electrons. The highest BCUT2D eigenvalue weighted by atomic mass is 35.5. The summed E-state index contributed by atoms with van der Waals surface area (Å²) in [7, 11) is 0. The van der Waals surface area contributed by atoms with Gasteiger partial charge in [0, 0.05) is 27.8 Å². The minimum Gasteiger partial charge on any atom is -0.457 e. The highest BCUT2D eigenvalue weighted by Gasteiger charge is 2.20. The molecule has 3 aromatic rings. The highest BCUT2D eigenvalue weighted by molar-refractivity contribution is 6.30. The fraction of sp³-hybridized carbons (Fsp3) is 0.200. The van der Waals surface area contributed by atoms with Crippen LogP contribution in [-0.4, -0.2) is 17.4 Å². The Morgan fingerprint density at radius 1 is 0.935 bits per heavy atom. The van der Waals surface area contributed by atoms with E-state index < -0.39 is 11.4 Å². The normalized spacial score (nSPS) is 11.8. The quantitative estimate of drug-likeness (QED) is 0.512. The Bertz CT molecular complexity index is 1100. The van der Waals surface area contributed by atoms with Crippen molar-refractivity contribution in [2.75, 3.05) is 0 Å². The first-order chi connectivity index (χ1) is 14.6. The number of amides is 2. The Morgan fingerprint density at radius 2 is 1.58 bits per heavy atom. The van der Waals surface area contributed by atoms with Crippen LogP contribution in [0.1, 0.15) is 42.5 Å². The van der Waals surface area contributed by atoms with Crippen molar-refractivity contribution in [1.82, 2.24) is 10.6 Å². The second-order valence-corrected chi connectivity index (χ2v) is 8.73. The molecule has 2 aromatic carbocycles. The van der Waals surface area contributed by atoms with Crippen molar-refractivity contribution in [2.45, 2.75) is 33.2 Å². The molecule has 0 bridgehead atoms. The molecule has 0 atom stereocenters. The van der Waals surface area contributed by atoms with Crippen molar-refractivity contribution in [3.05, 3.63) is 88.3 Å². The topological polar surface area (TPSA) is 71.3 Å². The molecule has 1 heterocycles. The number of hydrogen-bond donors (Lipinski definition) is 2. The number of hydrogen-bond acceptors (Lipinski definition) is 3. The zero-order valence-corrected chi connectivity index (χ0v) is 18.7. The Morgan fingerprint density at radius 3 is 2.19 bits per heavy atom. The molecular formula is C25H25ClN2O3. The summed E-state index contributed by atoms with van der Waals surface area (Å²) in [6.45, 7) is 7.56. The van der Waals surface area contributed by atoms with Crippen LogP contribution in [0.3, 0.4) is 0 Å². The smallest absolute Gasteiger partial charge is 0.268 e. The van der Waals surface area contributed by atoms with Gasteiger partial charge in [0.2, 0.25) is 0 Å². The summed E-state index contributed by atoms with van der Waals surface area (Å²) in [6, 6.07) is 17.9. The van der Waals surface area contributed by atoms with Gasteiger partial charge in [0.05, 0.1) is 0 Å². The molecule has 31 heavy (non-hydrogen) atoms. The van der Waals surface area contributed by atoms with E-state index in [1.165, 1.54) is 6.08 Å². The fourth-order valence-electron chi connectivity index (χ4n) is 2.81. The molecule has 0 unspecified atom stereocenters. The molecule has 0 aliphatic heterocycles. The zero-order chi connectivity index (χ0) is 22.6. The lowest BCUT2D eigenvalue weighted by Crippen LogP contribution is -2.44. The lowest BCUT2D eigenvalue weighted by molar-refractivity contribution is -0.119. The number of carbonyl (C=O) groups excluding carboxylic acids is 2. The summed E-state index contributed by atoms with van der Waals surface area (Å²) in [6.07, 6.45) is 1.52. The largest absolute Gasteiger partial charge is 0.457 e. The molecule has 3 rings (SSSR count). The average molecular weight is 437 g/mol. The van der Waals surface area contributed by atoms with Crippen molar-refractivity contribution >= 4 is 29.5 Å². The van der Waals surface area contributed by atoms with Crippen molar-refractivity contribution in [2.24, 2.45) is 0 Å². The van der Waals surface area contributed by atoms with Crippen LogP contribution < -0.4 is 10.6 Å². The van der Waals surface area contributed by atoms with E-state index in [0.717, 1.165) is 11.1 Å². The van der Waals surface area contributed by atoms with Crippen LogP contribution in [0.4, 0.5) is 0 Å². The van der Waals surface area contributed by atoms with Crippen molar-refractivity contribution in [3.8, 4) is 11.3 Å². The molecule has 0 radical (unpaired) electrons. The molecule has 5 nitrogen and oxygen atoms in total. The van der Waals surface area contributed by atoms with E-state index in [4.69, 9.17) is 16.0 Å². The second-order valence-electron chi connectivity index (χ2n) is 8.29. The van der Waals surface area contributed by atoms with E-state index in [1.807, 2.05) is 52.0 Å².